The van der Waals surface area contributed by atoms with Crippen molar-refractivity contribution in [1.29, 1.82) is 0 Å². The molecule has 3 aromatic rings. The SMILES string of the molecule is Cc1c(I)cc(-c2c(I)cc(-c3c(I)cccc3I)cc2I)cc1I. The van der Waals surface area contributed by atoms with Crippen molar-refractivity contribution < 1.29 is 0 Å². The van der Waals surface area contributed by atoms with Crippen LogP contribution in [0.4, 0.5) is 0 Å². The Balaban J connectivity index is 2.20. The van der Waals surface area contributed by atoms with Crippen molar-refractivity contribution in [3.63, 3.8) is 0 Å². The molecule has 128 valence electrons. The maximum Gasteiger partial charge on any atom is 0.0225 e. The Morgan fingerprint density at radius 3 is 1.32 bits per heavy atom. The summed E-state index contributed by atoms with van der Waals surface area (Å²) >= 11 is 14.7. The number of hydrogen-bond acceptors (Lipinski definition) is 0. The Morgan fingerprint density at radius 2 is 0.880 bits per heavy atom. The van der Waals surface area contributed by atoms with E-state index in [1.165, 1.54) is 49.2 Å². The molecule has 0 aliphatic heterocycles. The number of rotatable bonds is 2. The molecule has 3 aromatic carbocycles. The lowest BCUT2D eigenvalue weighted by atomic mass is 10.00. The van der Waals surface area contributed by atoms with E-state index in [-0.39, 0.29) is 0 Å². The fourth-order valence-corrected chi connectivity index (χ4v) is 8.85. The van der Waals surface area contributed by atoms with Crippen LogP contribution in [0.3, 0.4) is 0 Å². The molecule has 0 bridgehead atoms. The number of hydrogen-bond donors (Lipinski definition) is 0. The second-order valence-corrected chi connectivity index (χ2v) is 12.4. The number of halogens is 6. The normalized spacial score (nSPS) is 11.0. The van der Waals surface area contributed by atoms with E-state index >= 15 is 0 Å². The van der Waals surface area contributed by atoms with Crippen LogP contribution in [0.1, 0.15) is 5.56 Å². The molecule has 0 fully saturated rings. The fourth-order valence-electron chi connectivity index (χ4n) is 2.56. The van der Waals surface area contributed by atoms with Crippen molar-refractivity contribution >= 4 is 136 Å². The minimum absolute atomic E-state index is 1.29. The molecule has 6 heteroatoms. The van der Waals surface area contributed by atoms with Gasteiger partial charge in [-0.25, -0.2) is 0 Å². The van der Waals surface area contributed by atoms with Gasteiger partial charge in [0, 0.05) is 32.5 Å². The predicted molar refractivity (Wildman–Crippen MR) is 158 cm³/mol. The van der Waals surface area contributed by atoms with Gasteiger partial charge in [-0.15, -0.1) is 0 Å². The van der Waals surface area contributed by atoms with E-state index in [0.29, 0.717) is 0 Å². The molecule has 0 unspecified atom stereocenters. The van der Waals surface area contributed by atoms with Crippen molar-refractivity contribution in [2.45, 2.75) is 6.92 Å². The largest absolute Gasteiger partial charge is 0.0601 e. The summed E-state index contributed by atoms with van der Waals surface area (Å²) in [7, 11) is 0. The molecule has 0 heterocycles. The van der Waals surface area contributed by atoms with Gasteiger partial charge in [-0.05, 0) is 196 Å². The Kier molecular flexibility index (Phi) is 8.03. The Labute approximate surface area is 229 Å². The van der Waals surface area contributed by atoms with Crippen LogP contribution in [0.15, 0.2) is 42.5 Å². The first-order valence-corrected chi connectivity index (χ1v) is 13.7. The second kappa shape index (κ2) is 9.24. The molecule has 0 saturated heterocycles. The van der Waals surface area contributed by atoms with Gasteiger partial charge in [-0.2, -0.15) is 0 Å². The van der Waals surface area contributed by atoms with Gasteiger partial charge in [0.05, 0.1) is 0 Å². The van der Waals surface area contributed by atoms with Crippen LogP contribution >= 0.6 is 136 Å². The molecule has 0 aliphatic carbocycles. The molecule has 0 atom stereocenters. The molecule has 0 saturated carbocycles. The van der Waals surface area contributed by atoms with Crippen molar-refractivity contribution in [2.75, 3.05) is 0 Å². The summed E-state index contributed by atoms with van der Waals surface area (Å²) in [5.74, 6) is 0. The standard InChI is InChI=1S/C19H10I6/c1-9-14(22)5-10(6-15(9)23)19-16(24)7-11(8-17(19)25)18-12(20)3-2-4-13(18)21/h2-8H,1H3. The van der Waals surface area contributed by atoms with Crippen molar-refractivity contribution in [2.24, 2.45) is 0 Å². The zero-order chi connectivity index (χ0) is 18.3. The zero-order valence-corrected chi connectivity index (χ0v) is 25.8. The minimum atomic E-state index is 1.29. The highest BCUT2D eigenvalue weighted by atomic mass is 127. The van der Waals surface area contributed by atoms with Crippen LogP contribution in [-0.2, 0) is 0 Å². The first-order valence-electron chi connectivity index (χ1n) is 7.19. The quantitative estimate of drug-likeness (QED) is 0.225. The third-order valence-electron chi connectivity index (χ3n) is 3.86. The van der Waals surface area contributed by atoms with E-state index in [1.54, 1.807) is 0 Å². The van der Waals surface area contributed by atoms with E-state index < -0.39 is 0 Å². The Bertz CT molecular complexity index is 911. The van der Waals surface area contributed by atoms with Gasteiger partial charge in [-0.1, -0.05) is 6.07 Å². The summed E-state index contributed by atoms with van der Waals surface area (Å²) in [6, 6.07) is 15.7. The number of benzene rings is 3. The molecule has 0 N–H and O–H groups in total. The molecule has 0 spiro atoms. The maximum atomic E-state index is 2.48. The van der Waals surface area contributed by atoms with Crippen LogP contribution in [0.5, 0.6) is 0 Å². The first-order chi connectivity index (χ1) is 11.8. The molecule has 3 rings (SSSR count). The third-order valence-corrected chi connectivity index (χ3v) is 9.60. The van der Waals surface area contributed by atoms with Gasteiger partial charge in [0.2, 0.25) is 0 Å². The molecular formula is C19H10I6. The summed E-state index contributed by atoms with van der Waals surface area (Å²) in [6.45, 7) is 2.19. The van der Waals surface area contributed by atoms with Gasteiger partial charge in [0.15, 0.2) is 0 Å². The summed E-state index contributed by atoms with van der Waals surface area (Å²) in [5.41, 5.74) is 6.63. The summed E-state index contributed by atoms with van der Waals surface area (Å²) in [4.78, 5) is 0. The second-order valence-electron chi connectivity index (χ2n) is 5.48. The summed E-state index contributed by atoms with van der Waals surface area (Å²) < 4.78 is 7.83. The average molecular weight is 1000 g/mol. The van der Waals surface area contributed by atoms with E-state index in [4.69, 9.17) is 0 Å². The highest BCUT2D eigenvalue weighted by Crippen LogP contribution is 2.38. The van der Waals surface area contributed by atoms with Gasteiger partial charge >= 0.3 is 0 Å². The molecule has 25 heavy (non-hydrogen) atoms. The molecular weight excluding hydrogens is 990 g/mol. The van der Waals surface area contributed by atoms with Crippen LogP contribution in [0.2, 0.25) is 0 Å². The maximum absolute atomic E-state index is 2.48. The smallest absolute Gasteiger partial charge is 0.0225 e. The molecule has 0 aromatic heterocycles. The highest BCUT2D eigenvalue weighted by Gasteiger charge is 2.15. The zero-order valence-electron chi connectivity index (χ0n) is 12.8. The predicted octanol–water partition coefficient (Wildman–Crippen LogP) is 8.96. The highest BCUT2D eigenvalue weighted by molar-refractivity contribution is 14.1. The molecule has 0 aliphatic rings. The van der Waals surface area contributed by atoms with Crippen LogP contribution in [-0.4, -0.2) is 0 Å². The monoisotopic (exact) mass is 1000 g/mol. The molecule has 0 nitrogen and oxygen atoms in total. The van der Waals surface area contributed by atoms with E-state index in [2.05, 4.69) is 185 Å². The summed E-state index contributed by atoms with van der Waals surface area (Å²) in [5, 5.41) is 0. The lowest BCUT2D eigenvalue weighted by Crippen LogP contribution is -1.95. The third kappa shape index (κ3) is 4.79. The van der Waals surface area contributed by atoms with Crippen molar-refractivity contribution in [3.05, 3.63) is 69.4 Å². The van der Waals surface area contributed by atoms with Gasteiger partial charge in [-0.3, -0.25) is 0 Å². The Morgan fingerprint density at radius 1 is 0.520 bits per heavy atom. The average Bonchev–Trinajstić information content (AvgIpc) is 2.51. The molecule has 0 radical (unpaired) electrons. The van der Waals surface area contributed by atoms with E-state index in [0.717, 1.165) is 0 Å². The lowest BCUT2D eigenvalue weighted by Gasteiger charge is -2.15. The lowest BCUT2D eigenvalue weighted by molar-refractivity contribution is 1.38. The fraction of sp³-hybridized carbons (Fsp3) is 0.0526. The Hall–Kier alpha value is 2.04. The first kappa shape index (κ1) is 21.7. The van der Waals surface area contributed by atoms with E-state index in [1.807, 2.05) is 0 Å². The van der Waals surface area contributed by atoms with Gasteiger partial charge in [0.25, 0.3) is 0 Å². The van der Waals surface area contributed by atoms with Crippen molar-refractivity contribution in [1.82, 2.24) is 0 Å². The van der Waals surface area contributed by atoms with E-state index in [9.17, 15) is 0 Å². The van der Waals surface area contributed by atoms with Gasteiger partial charge < -0.3 is 0 Å². The molecule has 0 amide bonds. The van der Waals surface area contributed by atoms with Crippen LogP contribution < -0.4 is 0 Å². The topological polar surface area (TPSA) is 0 Å². The minimum Gasteiger partial charge on any atom is -0.0601 e. The summed E-state index contributed by atoms with van der Waals surface area (Å²) in [6.07, 6.45) is 0. The van der Waals surface area contributed by atoms with Gasteiger partial charge in [0.1, 0.15) is 0 Å². The van der Waals surface area contributed by atoms with Crippen LogP contribution in [0, 0.1) is 28.3 Å². The van der Waals surface area contributed by atoms with Crippen molar-refractivity contribution in [3.8, 4) is 22.3 Å². The van der Waals surface area contributed by atoms with Crippen LogP contribution in [0.25, 0.3) is 22.3 Å².